The van der Waals surface area contributed by atoms with E-state index in [1.807, 2.05) is 0 Å². The number of hydrogen-bond donors (Lipinski definition) is 5. The normalized spacial score (nSPS) is 26.7. The second-order valence-electron chi connectivity index (χ2n) is 5.39. The van der Waals surface area contributed by atoms with Crippen molar-refractivity contribution >= 4 is 29.4 Å². The topological polar surface area (TPSA) is 223 Å². The van der Waals surface area contributed by atoms with E-state index in [0.717, 1.165) is 17.2 Å². The SMILES string of the molecule is O=c1[nH]cnc2c1ncn2[C@@H]1O[C@H](COP(=O)(O)O)[C@@H](OS(=O)(=O)O)[C@H]1O. The first-order valence-electron chi connectivity index (χ1n) is 7.06. The molecule has 0 unspecified atom stereocenters. The van der Waals surface area contributed by atoms with Crippen LogP contribution in [0.2, 0.25) is 0 Å². The summed E-state index contributed by atoms with van der Waals surface area (Å²) >= 11 is 0. The zero-order chi connectivity index (χ0) is 20.0. The second-order valence-corrected chi connectivity index (χ2v) is 7.67. The Morgan fingerprint density at radius 3 is 2.70 bits per heavy atom. The lowest BCUT2D eigenvalue weighted by atomic mass is 10.1. The van der Waals surface area contributed by atoms with Crippen molar-refractivity contribution in [1.82, 2.24) is 19.5 Å². The summed E-state index contributed by atoms with van der Waals surface area (Å²) in [6.07, 6.45) is -4.34. The summed E-state index contributed by atoms with van der Waals surface area (Å²) in [5, 5.41) is 10.4. The van der Waals surface area contributed by atoms with Crippen LogP contribution in [-0.4, -0.2) is 72.3 Å². The Hall–Kier alpha value is -1.75. The van der Waals surface area contributed by atoms with Gasteiger partial charge in [-0.2, -0.15) is 8.42 Å². The number of aromatic nitrogens is 4. The minimum absolute atomic E-state index is 0.0232. The highest BCUT2D eigenvalue weighted by Gasteiger charge is 2.49. The summed E-state index contributed by atoms with van der Waals surface area (Å²) in [4.78, 5) is 39.2. The molecular formula is C10H13N4O11PS. The molecule has 2 aromatic heterocycles. The highest BCUT2D eigenvalue weighted by Crippen LogP contribution is 2.39. The minimum atomic E-state index is -5.05. The number of aliphatic hydroxyl groups is 1. The molecule has 15 nitrogen and oxygen atoms in total. The lowest BCUT2D eigenvalue weighted by Crippen LogP contribution is -2.38. The standard InChI is InChI=1S/C10H13N4O11PS/c15-6-7(25-27(20,21)22)4(1-23-26(17,18)19)24-10(6)14-3-13-5-8(14)11-2-12-9(5)16/h2-4,6-7,10,15H,1H2,(H,11,12,16)(H2,17,18,19)(H,20,21,22)/t4-,6-,7-,10-/m1/s1. The Morgan fingerprint density at radius 2 is 2.07 bits per heavy atom. The van der Waals surface area contributed by atoms with Gasteiger partial charge in [0, 0.05) is 0 Å². The molecule has 0 amide bonds. The fourth-order valence-electron chi connectivity index (χ4n) is 2.56. The molecule has 0 aliphatic carbocycles. The van der Waals surface area contributed by atoms with E-state index in [2.05, 4.69) is 23.7 Å². The van der Waals surface area contributed by atoms with E-state index in [1.165, 1.54) is 0 Å². The van der Waals surface area contributed by atoms with Crippen LogP contribution in [0.3, 0.4) is 0 Å². The van der Waals surface area contributed by atoms with E-state index >= 15 is 0 Å². The Bertz CT molecular complexity index is 1040. The van der Waals surface area contributed by atoms with Gasteiger partial charge in [-0.05, 0) is 0 Å². The molecule has 1 fully saturated rings. The molecule has 1 saturated heterocycles. The molecule has 150 valence electrons. The lowest BCUT2D eigenvalue weighted by molar-refractivity contribution is -0.0497. The van der Waals surface area contributed by atoms with E-state index in [-0.39, 0.29) is 11.2 Å². The van der Waals surface area contributed by atoms with Gasteiger partial charge in [-0.25, -0.2) is 18.7 Å². The van der Waals surface area contributed by atoms with Crippen molar-refractivity contribution in [3.63, 3.8) is 0 Å². The van der Waals surface area contributed by atoms with Crippen molar-refractivity contribution in [2.24, 2.45) is 0 Å². The van der Waals surface area contributed by atoms with Crippen LogP contribution in [0.4, 0.5) is 0 Å². The largest absolute Gasteiger partial charge is 0.469 e. The first-order chi connectivity index (χ1) is 12.5. The molecule has 2 aromatic rings. The zero-order valence-corrected chi connectivity index (χ0v) is 14.7. The van der Waals surface area contributed by atoms with Gasteiger partial charge >= 0.3 is 18.2 Å². The number of hydrogen-bond acceptors (Lipinski definition) is 10. The fraction of sp³-hybridized carbons (Fsp3) is 0.500. The van der Waals surface area contributed by atoms with Gasteiger partial charge in [0.1, 0.15) is 18.3 Å². The number of phosphoric acid groups is 1. The van der Waals surface area contributed by atoms with Crippen molar-refractivity contribution in [3.05, 3.63) is 23.0 Å². The number of fused-ring (bicyclic) bond motifs is 1. The van der Waals surface area contributed by atoms with Crippen LogP contribution in [0, 0.1) is 0 Å². The number of nitrogens with one attached hydrogen (secondary N) is 1. The monoisotopic (exact) mass is 428 g/mol. The molecule has 0 saturated carbocycles. The van der Waals surface area contributed by atoms with Crippen molar-refractivity contribution < 1.29 is 45.9 Å². The Kier molecular flexibility index (Phi) is 5.19. The third-order valence-electron chi connectivity index (χ3n) is 3.59. The van der Waals surface area contributed by atoms with Gasteiger partial charge < -0.3 is 24.6 Å². The fourth-order valence-corrected chi connectivity index (χ4v) is 3.42. The lowest BCUT2D eigenvalue weighted by Gasteiger charge is -2.18. The smallest absolute Gasteiger partial charge is 0.385 e. The van der Waals surface area contributed by atoms with Gasteiger partial charge in [-0.3, -0.25) is 18.4 Å². The number of aromatic amines is 1. The highest BCUT2D eigenvalue weighted by atomic mass is 32.3. The van der Waals surface area contributed by atoms with Crippen LogP contribution >= 0.6 is 7.82 Å². The summed E-state index contributed by atoms with van der Waals surface area (Å²) in [6, 6.07) is 0. The molecule has 0 spiro atoms. The number of aliphatic hydroxyl groups excluding tert-OH is 1. The number of rotatable bonds is 6. The number of H-pyrrole nitrogens is 1. The Balaban J connectivity index is 1.95. The van der Waals surface area contributed by atoms with Gasteiger partial charge in [-0.15, -0.1) is 0 Å². The molecule has 5 N–H and O–H groups in total. The maximum absolute atomic E-state index is 11.7. The zero-order valence-electron chi connectivity index (χ0n) is 13.0. The molecule has 0 radical (unpaired) electrons. The predicted octanol–water partition coefficient (Wildman–Crippen LogP) is -2.32. The third-order valence-corrected chi connectivity index (χ3v) is 4.54. The molecule has 17 heteroatoms. The summed E-state index contributed by atoms with van der Waals surface area (Å²) in [7, 11) is -10.0. The summed E-state index contributed by atoms with van der Waals surface area (Å²) in [6.45, 7) is -0.876. The molecule has 1 aliphatic heterocycles. The summed E-state index contributed by atoms with van der Waals surface area (Å²) in [5.74, 6) is 0. The van der Waals surface area contributed by atoms with Crippen LogP contribution in [0.1, 0.15) is 6.23 Å². The predicted molar refractivity (Wildman–Crippen MR) is 82.5 cm³/mol. The average Bonchev–Trinajstić information content (AvgIpc) is 3.07. The molecule has 3 rings (SSSR count). The second kappa shape index (κ2) is 7.01. The highest BCUT2D eigenvalue weighted by molar-refractivity contribution is 7.80. The van der Waals surface area contributed by atoms with Gasteiger partial charge in [0.15, 0.2) is 17.4 Å². The van der Waals surface area contributed by atoms with Crippen LogP contribution in [-0.2, 0) is 28.4 Å². The Morgan fingerprint density at radius 1 is 1.37 bits per heavy atom. The number of phosphoric ester groups is 1. The van der Waals surface area contributed by atoms with Gasteiger partial charge in [0.05, 0.1) is 19.3 Å². The van der Waals surface area contributed by atoms with Crippen molar-refractivity contribution in [2.75, 3.05) is 6.61 Å². The molecular weight excluding hydrogens is 415 g/mol. The van der Waals surface area contributed by atoms with Crippen molar-refractivity contribution in [1.29, 1.82) is 0 Å². The number of imidazole rings is 1. The van der Waals surface area contributed by atoms with Crippen molar-refractivity contribution in [3.8, 4) is 0 Å². The molecule has 0 bridgehead atoms. The maximum atomic E-state index is 11.7. The molecule has 3 heterocycles. The van der Waals surface area contributed by atoms with E-state index in [9.17, 15) is 22.9 Å². The van der Waals surface area contributed by atoms with E-state index in [0.29, 0.717) is 0 Å². The Labute approximate surface area is 149 Å². The quantitative estimate of drug-likeness (QED) is 0.241. The van der Waals surface area contributed by atoms with Crippen LogP contribution in [0.5, 0.6) is 0 Å². The molecule has 0 aromatic carbocycles. The first-order valence-corrected chi connectivity index (χ1v) is 9.95. The van der Waals surface area contributed by atoms with Gasteiger partial charge in [-0.1, -0.05) is 0 Å². The van der Waals surface area contributed by atoms with E-state index < -0.39 is 54.9 Å². The average molecular weight is 428 g/mol. The third kappa shape index (κ3) is 4.40. The van der Waals surface area contributed by atoms with Crippen LogP contribution in [0.25, 0.3) is 11.2 Å². The van der Waals surface area contributed by atoms with Crippen LogP contribution < -0.4 is 5.56 Å². The number of nitrogens with zero attached hydrogens (tertiary/aromatic N) is 3. The van der Waals surface area contributed by atoms with Gasteiger partial charge in [0.2, 0.25) is 0 Å². The van der Waals surface area contributed by atoms with E-state index in [1.54, 1.807) is 0 Å². The molecule has 27 heavy (non-hydrogen) atoms. The van der Waals surface area contributed by atoms with E-state index in [4.69, 9.17) is 19.1 Å². The molecule has 4 atom stereocenters. The summed E-state index contributed by atoms with van der Waals surface area (Å²) < 4.78 is 56.9. The first kappa shape index (κ1) is 20.0. The molecule has 1 aliphatic rings. The summed E-state index contributed by atoms with van der Waals surface area (Å²) in [5.41, 5.74) is -0.709. The maximum Gasteiger partial charge on any atom is 0.469 e. The number of ether oxygens (including phenoxy) is 1. The van der Waals surface area contributed by atoms with Crippen molar-refractivity contribution in [2.45, 2.75) is 24.5 Å². The minimum Gasteiger partial charge on any atom is -0.385 e. The van der Waals surface area contributed by atoms with Gasteiger partial charge in [0.25, 0.3) is 5.56 Å². The van der Waals surface area contributed by atoms with Crippen LogP contribution in [0.15, 0.2) is 17.4 Å².